The average molecular weight is 313 g/mol. The SMILES string of the molecule is Cc1ccc(CO)cc1NC(=O)CCCOc1ccccc1C. The summed E-state index contributed by atoms with van der Waals surface area (Å²) in [6.07, 6.45) is 1.05. The van der Waals surface area contributed by atoms with Gasteiger partial charge in [0.25, 0.3) is 0 Å². The summed E-state index contributed by atoms with van der Waals surface area (Å²) in [6.45, 7) is 4.40. The Bertz CT molecular complexity index is 667. The van der Waals surface area contributed by atoms with E-state index in [4.69, 9.17) is 9.84 Å². The van der Waals surface area contributed by atoms with Gasteiger partial charge in [0.05, 0.1) is 13.2 Å². The van der Waals surface area contributed by atoms with Gasteiger partial charge >= 0.3 is 0 Å². The van der Waals surface area contributed by atoms with Crippen molar-refractivity contribution in [2.45, 2.75) is 33.3 Å². The number of amides is 1. The van der Waals surface area contributed by atoms with Crippen LogP contribution in [0.3, 0.4) is 0 Å². The van der Waals surface area contributed by atoms with Gasteiger partial charge in [-0.05, 0) is 49.1 Å². The normalized spacial score (nSPS) is 10.4. The highest BCUT2D eigenvalue weighted by atomic mass is 16.5. The first-order chi connectivity index (χ1) is 11.1. The van der Waals surface area contributed by atoms with Crippen LogP contribution in [0.1, 0.15) is 29.5 Å². The zero-order valence-electron chi connectivity index (χ0n) is 13.6. The fourth-order valence-corrected chi connectivity index (χ4v) is 2.25. The second kappa shape index (κ2) is 8.34. The van der Waals surface area contributed by atoms with Gasteiger partial charge in [0.1, 0.15) is 5.75 Å². The summed E-state index contributed by atoms with van der Waals surface area (Å²) in [5.74, 6) is 0.816. The molecule has 0 radical (unpaired) electrons. The molecule has 23 heavy (non-hydrogen) atoms. The molecule has 2 aromatic rings. The highest BCUT2D eigenvalue weighted by molar-refractivity contribution is 5.91. The van der Waals surface area contributed by atoms with E-state index in [-0.39, 0.29) is 12.5 Å². The van der Waals surface area contributed by atoms with Crippen molar-refractivity contribution >= 4 is 11.6 Å². The molecule has 0 heterocycles. The molecule has 0 atom stereocenters. The number of benzene rings is 2. The topological polar surface area (TPSA) is 58.6 Å². The number of carbonyl (C=O) groups excluding carboxylic acids is 1. The second-order valence-electron chi connectivity index (χ2n) is 5.57. The Morgan fingerprint density at radius 3 is 2.65 bits per heavy atom. The monoisotopic (exact) mass is 313 g/mol. The van der Waals surface area contributed by atoms with Crippen LogP contribution in [0.5, 0.6) is 5.75 Å². The minimum atomic E-state index is -0.0448. The van der Waals surface area contributed by atoms with Crippen molar-refractivity contribution in [2.24, 2.45) is 0 Å². The van der Waals surface area contributed by atoms with Crippen LogP contribution in [0.4, 0.5) is 5.69 Å². The predicted molar refractivity (Wildman–Crippen MR) is 91.6 cm³/mol. The summed E-state index contributed by atoms with van der Waals surface area (Å²) in [5, 5.41) is 12.1. The number of hydrogen-bond donors (Lipinski definition) is 2. The van der Waals surface area contributed by atoms with Crippen molar-refractivity contribution < 1.29 is 14.6 Å². The number of aliphatic hydroxyl groups excluding tert-OH is 1. The van der Waals surface area contributed by atoms with E-state index < -0.39 is 0 Å². The van der Waals surface area contributed by atoms with E-state index in [0.29, 0.717) is 19.4 Å². The van der Waals surface area contributed by atoms with E-state index >= 15 is 0 Å². The average Bonchev–Trinajstić information content (AvgIpc) is 2.55. The van der Waals surface area contributed by atoms with Crippen molar-refractivity contribution in [1.82, 2.24) is 0 Å². The summed E-state index contributed by atoms with van der Waals surface area (Å²) in [6, 6.07) is 13.4. The molecule has 0 saturated carbocycles. The molecule has 0 fully saturated rings. The zero-order valence-corrected chi connectivity index (χ0v) is 13.6. The molecule has 4 heteroatoms. The number of hydrogen-bond acceptors (Lipinski definition) is 3. The lowest BCUT2D eigenvalue weighted by Gasteiger charge is -2.11. The van der Waals surface area contributed by atoms with Gasteiger partial charge in [0, 0.05) is 12.1 Å². The maximum atomic E-state index is 12.0. The van der Waals surface area contributed by atoms with Crippen LogP contribution in [0.2, 0.25) is 0 Å². The lowest BCUT2D eigenvalue weighted by atomic mass is 10.1. The molecule has 1 amide bonds. The third-order valence-corrected chi connectivity index (χ3v) is 3.66. The molecule has 0 unspecified atom stereocenters. The molecule has 0 aliphatic carbocycles. The van der Waals surface area contributed by atoms with E-state index in [1.165, 1.54) is 0 Å². The van der Waals surface area contributed by atoms with Gasteiger partial charge in [-0.2, -0.15) is 0 Å². The maximum Gasteiger partial charge on any atom is 0.224 e. The molecule has 0 bridgehead atoms. The lowest BCUT2D eigenvalue weighted by Crippen LogP contribution is -2.14. The van der Waals surface area contributed by atoms with Gasteiger partial charge in [0.2, 0.25) is 5.91 Å². The fourth-order valence-electron chi connectivity index (χ4n) is 2.25. The molecule has 4 nitrogen and oxygen atoms in total. The van der Waals surface area contributed by atoms with Gasteiger partial charge in [-0.15, -0.1) is 0 Å². The molecule has 0 aromatic heterocycles. The Hall–Kier alpha value is -2.33. The Kier molecular flexibility index (Phi) is 6.18. The summed E-state index contributed by atoms with van der Waals surface area (Å²) < 4.78 is 5.68. The van der Waals surface area contributed by atoms with E-state index in [1.807, 2.05) is 50.2 Å². The van der Waals surface area contributed by atoms with E-state index in [9.17, 15) is 4.79 Å². The third-order valence-electron chi connectivity index (χ3n) is 3.66. The Morgan fingerprint density at radius 1 is 1.13 bits per heavy atom. The number of ether oxygens (including phenoxy) is 1. The summed E-state index contributed by atoms with van der Waals surface area (Å²) in [4.78, 5) is 12.0. The molecule has 0 saturated heterocycles. The van der Waals surface area contributed by atoms with Crippen LogP contribution >= 0.6 is 0 Å². The minimum Gasteiger partial charge on any atom is -0.493 e. The van der Waals surface area contributed by atoms with Crippen molar-refractivity contribution in [3.8, 4) is 5.75 Å². The molecular formula is C19H23NO3. The van der Waals surface area contributed by atoms with Crippen molar-refractivity contribution in [2.75, 3.05) is 11.9 Å². The molecule has 122 valence electrons. The van der Waals surface area contributed by atoms with Crippen molar-refractivity contribution in [1.29, 1.82) is 0 Å². The van der Waals surface area contributed by atoms with E-state index in [2.05, 4.69) is 5.32 Å². The van der Waals surface area contributed by atoms with Gasteiger partial charge in [0.15, 0.2) is 0 Å². The van der Waals surface area contributed by atoms with Crippen LogP contribution in [-0.2, 0) is 11.4 Å². The van der Waals surface area contributed by atoms with Crippen LogP contribution in [0.15, 0.2) is 42.5 Å². The Labute approximate surface area is 137 Å². The summed E-state index contributed by atoms with van der Waals surface area (Å²) in [7, 11) is 0. The van der Waals surface area contributed by atoms with Crippen LogP contribution in [-0.4, -0.2) is 17.6 Å². The zero-order chi connectivity index (χ0) is 16.7. The summed E-state index contributed by atoms with van der Waals surface area (Å²) >= 11 is 0. The predicted octanol–water partition coefficient (Wildman–Crippen LogP) is 3.59. The summed E-state index contributed by atoms with van der Waals surface area (Å²) in [5.41, 5.74) is 3.61. The van der Waals surface area contributed by atoms with Crippen LogP contribution in [0, 0.1) is 13.8 Å². The Morgan fingerprint density at radius 2 is 1.91 bits per heavy atom. The first-order valence-electron chi connectivity index (χ1n) is 7.79. The minimum absolute atomic E-state index is 0.0343. The molecule has 0 aliphatic rings. The van der Waals surface area contributed by atoms with Gasteiger partial charge in [-0.3, -0.25) is 4.79 Å². The van der Waals surface area contributed by atoms with E-state index in [0.717, 1.165) is 28.1 Å². The Balaban J connectivity index is 1.78. The number of nitrogens with one attached hydrogen (secondary N) is 1. The molecule has 2 N–H and O–H groups in total. The number of aliphatic hydroxyl groups is 1. The highest BCUT2D eigenvalue weighted by Gasteiger charge is 2.06. The smallest absolute Gasteiger partial charge is 0.224 e. The number of anilines is 1. The van der Waals surface area contributed by atoms with Gasteiger partial charge < -0.3 is 15.2 Å². The number of carbonyl (C=O) groups is 1. The quantitative estimate of drug-likeness (QED) is 0.768. The number of rotatable bonds is 7. The van der Waals surface area contributed by atoms with Crippen LogP contribution in [0.25, 0.3) is 0 Å². The standard InChI is InChI=1S/C19H23NO3/c1-14-9-10-16(13-21)12-17(14)20-19(22)8-5-11-23-18-7-4-3-6-15(18)2/h3-4,6-7,9-10,12,21H,5,8,11,13H2,1-2H3,(H,20,22). The largest absolute Gasteiger partial charge is 0.493 e. The van der Waals surface area contributed by atoms with Gasteiger partial charge in [-0.1, -0.05) is 30.3 Å². The molecule has 2 rings (SSSR count). The molecule has 0 spiro atoms. The van der Waals surface area contributed by atoms with Crippen molar-refractivity contribution in [3.05, 3.63) is 59.2 Å². The van der Waals surface area contributed by atoms with Gasteiger partial charge in [-0.25, -0.2) is 0 Å². The van der Waals surface area contributed by atoms with Crippen LogP contribution < -0.4 is 10.1 Å². The molecule has 2 aromatic carbocycles. The fraction of sp³-hybridized carbons (Fsp3) is 0.316. The first kappa shape index (κ1) is 17.0. The highest BCUT2D eigenvalue weighted by Crippen LogP contribution is 2.18. The first-order valence-corrected chi connectivity index (χ1v) is 7.79. The number of para-hydroxylation sites is 1. The number of aryl methyl sites for hydroxylation is 2. The van der Waals surface area contributed by atoms with Crippen molar-refractivity contribution in [3.63, 3.8) is 0 Å². The molecule has 0 aliphatic heterocycles. The second-order valence-corrected chi connectivity index (χ2v) is 5.57. The lowest BCUT2D eigenvalue weighted by molar-refractivity contribution is -0.116. The third kappa shape index (κ3) is 5.11. The molecular weight excluding hydrogens is 290 g/mol. The van der Waals surface area contributed by atoms with E-state index in [1.54, 1.807) is 6.07 Å². The maximum absolute atomic E-state index is 12.0.